The van der Waals surface area contributed by atoms with E-state index in [0.717, 1.165) is 29.1 Å². The van der Waals surface area contributed by atoms with Crippen LogP contribution in [0.15, 0.2) is 52.3 Å². The van der Waals surface area contributed by atoms with E-state index in [4.69, 9.17) is 4.74 Å². The Bertz CT molecular complexity index is 860. The van der Waals surface area contributed by atoms with Crippen LogP contribution in [-0.4, -0.2) is 20.3 Å². The van der Waals surface area contributed by atoms with Crippen molar-refractivity contribution in [1.29, 1.82) is 0 Å². The van der Waals surface area contributed by atoms with E-state index < -0.39 is 10.0 Å². The van der Waals surface area contributed by atoms with E-state index in [9.17, 15) is 8.42 Å². The summed E-state index contributed by atoms with van der Waals surface area (Å²) in [5, 5.41) is 0. The molecule has 2 aromatic carbocycles. The van der Waals surface area contributed by atoms with Crippen LogP contribution in [0.5, 0.6) is 5.75 Å². The van der Waals surface area contributed by atoms with Crippen molar-refractivity contribution in [1.82, 2.24) is 0 Å². The maximum Gasteiger partial charge on any atom is 0.261 e. The largest absolute Gasteiger partial charge is 0.488 e. The first kappa shape index (κ1) is 17.2. The molecule has 0 atom stereocenters. The van der Waals surface area contributed by atoms with Gasteiger partial charge in [0.25, 0.3) is 10.0 Å². The minimum Gasteiger partial charge on any atom is -0.488 e. The molecule has 0 spiro atoms. The Hall–Kier alpha value is -1.66. The number of rotatable bonds is 4. The van der Waals surface area contributed by atoms with E-state index in [-0.39, 0.29) is 10.5 Å². The molecule has 1 N–H and O–H groups in total. The van der Waals surface area contributed by atoms with Crippen LogP contribution in [0.2, 0.25) is 0 Å². The smallest absolute Gasteiger partial charge is 0.261 e. The molecule has 24 heavy (non-hydrogen) atoms. The maximum absolute atomic E-state index is 12.7. The van der Waals surface area contributed by atoms with Gasteiger partial charge in [-0.3, -0.25) is 4.72 Å². The van der Waals surface area contributed by atoms with Crippen LogP contribution in [0.25, 0.3) is 0 Å². The zero-order valence-electron chi connectivity index (χ0n) is 14.0. The quantitative estimate of drug-likeness (QED) is 0.822. The molecule has 0 aromatic heterocycles. The Labute approximate surface area is 147 Å². The van der Waals surface area contributed by atoms with Gasteiger partial charge in [-0.25, -0.2) is 8.42 Å². The van der Waals surface area contributed by atoms with Crippen molar-refractivity contribution in [2.75, 3.05) is 11.0 Å². The van der Waals surface area contributed by atoms with Gasteiger partial charge < -0.3 is 4.74 Å². The molecule has 1 heterocycles. The summed E-state index contributed by atoms with van der Waals surface area (Å²) in [4.78, 5) is 1.27. The van der Waals surface area contributed by atoms with Gasteiger partial charge in [-0.15, -0.1) is 11.8 Å². The fourth-order valence-corrected chi connectivity index (χ4v) is 4.26. The van der Waals surface area contributed by atoms with Crippen molar-refractivity contribution in [2.24, 2.45) is 0 Å². The molecule has 0 fully saturated rings. The van der Waals surface area contributed by atoms with Crippen LogP contribution in [-0.2, 0) is 16.4 Å². The number of aryl methyl sites for hydroxylation is 1. The van der Waals surface area contributed by atoms with Gasteiger partial charge in [-0.2, -0.15) is 0 Å². The summed E-state index contributed by atoms with van der Waals surface area (Å²) in [5.41, 5.74) is 1.30. The Morgan fingerprint density at radius 1 is 1.17 bits per heavy atom. The van der Waals surface area contributed by atoms with Gasteiger partial charge in [0.2, 0.25) is 0 Å². The predicted octanol–water partition coefficient (Wildman–Crippen LogP) is 4.31. The van der Waals surface area contributed by atoms with E-state index >= 15 is 0 Å². The highest BCUT2D eigenvalue weighted by Crippen LogP contribution is 2.34. The lowest BCUT2D eigenvalue weighted by molar-refractivity contribution is 0.0845. The molecule has 4 nitrogen and oxygen atoms in total. The third kappa shape index (κ3) is 3.70. The Morgan fingerprint density at radius 2 is 1.96 bits per heavy atom. The van der Waals surface area contributed by atoms with Crippen LogP contribution in [0.4, 0.5) is 5.69 Å². The van der Waals surface area contributed by atoms with E-state index in [2.05, 4.69) is 4.72 Å². The van der Waals surface area contributed by atoms with Gasteiger partial charge in [0, 0.05) is 10.6 Å². The molecule has 0 aliphatic carbocycles. The number of ether oxygens (including phenoxy) is 1. The molecule has 3 rings (SSSR count). The van der Waals surface area contributed by atoms with Crippen LogP contribution in [0.1, 0.15) is 25.8 Å². The summed E-state index contributed by atoms with van der Waals surface area (Å²) in [5.74, 6) is 0.773. The molecule has 0 bridgehead atoms. The average molecular weight is 364 g/mol. The van der Waals surface area contributed by atoms with Crippen LogP contribution in [0.3, 0.4) is 0 Å². The Balaban J connectivity index is 1.87. The summed E-state index contributed by atoms with van der Waals surface area (Å²) >= 11 is 1.57. The normalized spacial score (nSPS) is 16.1. The summed E-state index contributed by atoms with van der Waals surface area (Å²) < 4.78 is 33.9. The van der Waals surface area contributed by atoms with Gasteiger partial charge in [0.05, 0.1) is 4.90 Å². The van der Waals surface area contributed by atoms with Crippen LogP contribution < -0.4 is 9.46 Å². The molecule has 0 unspecified atom stereocenters. The van der Waals surface area contributed by atoms with Crippen molar-refractivity contribution in [3.63, 3.8) is 0 Å². The highest BCUT2D eigenvalue weighted by atomic mass is 32.2. The topological polar surface area (TPSA) is 55.4 Å². The number of hydrogen-bond donors (Lipinski definition) is 1. The number of sulfonamides is 1. The third-order valence-electron chi connectivity index (χ3n) is 4.05. The standard InChI is InChI=1S/C18H21NO3S2/c1-18(2)10-9-13-11-16(7-8-17(13)22-18)24(20,21)19-14-5-4-6-15(12-14)23-3/h4-8,11-12,19H,9-10H2,1-3H3. The third-order valence-corrected chi connectivity index (χ3v) is 6.15. The van der Waals surface area contributed by atoms with Crippen molar-refractivity contribution in [2.45, 2.75) is 42.1 Å². The molecule has 0 amide bonds. The second kappa shape index (κ2) is 6.33. The monoisotopic (exact) mass is 363 g/mol. The van der Waals surface area contributed by atoms with Gasteiger partial charge in [0.1, 0.15) is 11.4 Å². The minimum absolute atomic E-state index is 0.204. The number of anilines is 1. The number of fused-ring (bicyclic) bond motifs is 1. The zero-order chi connectivity index (χ0) is 17.4. The van der Waals surface area contributed by atoms with Crippen LogP contribution in [0, 0.1) is 0 Å². The summed E-state index contributed by atoms with van der Waals surface area (Å²) in [6.45, 7) is 4.09. The van der Waals surface area contributed by atoms with E-state index in [1.807, 2.05) is 38.3 Å². The molecular weight excluding hydrogens is 342 g/mol. The van der Waals surface area contributed by atoms with Gasteiger partial charge in [-0.05, 0) is 74.9 Å². The summed E-state index contributed by atoms with van der Waals surface area (Å²) in [6.07, 6.45) is 3.64. The molecule has 6 heteroatoms. The SMILES string of the molecule is CSc1cccc(NS(=O)(=O)c2ccc3c(c2)CCC(C)(C)O3)c1. The first-order chi connectivity index (χ1) is 11.3. The molecule has 0 saturated carbocycles. The lowest BCUT2D eigenvalue weighted by atomic mass is 9.94. The van der Waals surface area contributed by atoms with Gasteiger partial charge in [-0.1, -0.05) is 6.07 Å². The minimum atomic E-state index is -3.62. The first-order valence-electron chi connectivity index (χ1n) is 7.78. The number of thioether (sulfide) groups is 1. The number of nitrogens with one attached hydrogen (secondary N) is 1. The molecule has 0 radical (unpaired) electrons. The van der Waals surface area contributed by atoms with Crippen molar-refractivity contribution < 1.29 is 13.2 Å². The highest BCUT2D eigenvalue weighted by molar-refractivity contribution is 7.98. The molecule has 1 aliphatic rings. The van der Waals surface area contributed by atoms with E-state index in [0.29, 0.717) is 5.69 Å². The van der Waals surface area contributed by atoms with Gasteiger partial charge in [0.15, 0.2) is 0 Å². The number of hydrogen-bond acceptors (Lipinski definition) is 4. The highest BCUT2D eigenvalue weighted by Gasteiger charge is 2.27. The predicted molar refractivity (Wildman–Crippen MR) is 98.5 cm³/mol. The summed E-state index contributed by atoms with van der Waals surface area (Å²) in [6, 6.07) is 12.4. The maximum atomic E-state index is 12.7. The molecule has 0 saturated heterocycles. The lowest BCUT2D eigenvalue weighted by Gasteiger charge is -2.32. The Kier molecular flexibility index (Phi) is 4.53. The summed E-state index contributed by atoms with van der Waals surface area (Å²) in [7, 11) is -3.62. The van der Waals surface area contributed by atoms with Gasteiger partial charge >= 0.3 is 0 Å². The van der Waals surface area contributed by atoms with E-state index in [1.54, 1.807) is 36.0 Å². The van der Waals surface area contributed by atoms with E-state index in [1.165, 1.54) is 0 Å². The van der Waals surface area contributed by atoms with Crippen molar-refractivity contribution >= 4 is 27.5 Å². The van der Waals surface area contributed by atoms with Crippen molar-refractivity contribution in [3.05, 3.63) is 48.0 Å². The van der Waals surface area contributed by atoms with Crippen molar-refractivity contribution in [3.8, 4) is 5.75 Å². The molecule has 128 valence electrons. The number of benzene rings is 2. The lowest BCUT2D eigenvalue weighted by Crippen LogP contribution is -2.32. The first-order valence-corrected chi connectivity index (χ1v) is 10.5. The fraction of sp³-hybridized carbons (Fsp3) is 0.333. The fourth-order valence-electron chi connectivity index (χ4n) is 2.70. The molecular formula is C18H21NO3S2. The second-order valence-corrected chi connectivity index (χ2v) is 9.03. The second-order valence-electron chi connectivity index (χ2n) is 6.47. The average Bonchev–Trinajstić information content (AvgIpc) is 2.53. The molecule has 2 aromatic rings. The van der Waals surface area contributed by atoms with Crippen LogP contribution >= 0.6 is 11.8 Å². The Morgan fingerprint density at radius 3 is 2.71 bits per heavy atom. The molecule has 1 aliphatic heterocycles. The zero-order valence-corrected chi connectivity index (χ0v) is 15.6.